The van der Waals surface area contributed by atoms with Crippen molar-refractivity contribution in [3.05, 3.63) is 88.9 Å². The van der Waals surface area contributed by atoms with Crippen molar-refractivity contribution in [2.24, 2.45) is 10.3 Å². The molecule has 0 radical (unpaired) electrons. The standard InChI is InChI=1S/C26H25ClN4O7S2/c27-19-5-1-18(2-6-19)15-24(32)30(14-13-17-3-9-21(10-4-17)39(28,35)36)23-16-25(33)31(26(23)34)20-7-11-22(12-8-20)40(29,37)38/h1-12,23H,13-16H2,(H2,28,35,36)(H2,29,37,38). The summed E-state index contributed by atoms with van der Waals surface area (Å²) < 4.78 is 46.3. The number of carbonyl (C=O) groups is 3. The van der Waals surface area contributed by atoms with Crippen LogP contribution in [0.15, 0.2) is 82.6 Å². The number of nitrogens with zero attached hydrogens (tertiary/aromatic N) is 2. The number of carbonyl (C=O) groups excluding carboxylic acids is 3. The van der Waals surface area contributed by atoms with Gasteiger partial charge >= 0.3 is 0 Å². The minimum Gasteiger partial charge on any atom is -0.329 e. The van der Waals surface area contributed by atoms with Gasteiger partial charge in [0.1, 0.15) is 6.04 Å². The molecule has 1 aliphatic rings. The van der Waals surface area contributed by atoms with Crippen molar-refractivity contribution in [3.63, 3.8) is 0 Å². The van der Waals surface area contributed by atoms with E-state index in [1.165, 1.54) is 41.3 Å². The summed E-state index contributed by atoms with van der Waals surface area (Å²) in [4.78, 5) is 41.9. The van der Waals surface area contributed by atoms with Crippen LogP contribution >= 0.6 is 11.6 Å². The molecule has 1 fully saturated rings. The van der Waals surface area contributed by atoms with Gasteiger partial charge in [0.25, 0.3) is 5.91 Å². The molecule has 1 heterocycles. The number of nitrogens with two attached hydrogens (primary N) is 2. The first-order valence-corrected chi connectivity index (χ1v) is 15.4. The van der Waals surface area contributed by atoms with Gasteiger partial charge in [-0.25, -0.2) is 32.0 Å². The van der Waals surface area contributed by atoms with Crippen molar-refractivity contribution in [3.8, 4) is 0 Å². The highest BCUT2D eigenvalue weighted by atomic mass is 35.5. The van der Waals surface area contributed by atoms with Crippen LogP contribution < -0.4 is 15.2 Å². The molecule has 3 aromatic rings. The molecule has 40 heavy (non-hydrogen) atoms. The van der Waals surface area contributed by atoms with E-state index in [9.17, 15) is 31.2 Å². The predicted octanol–water partition coefficient (Wildman–Crippen LogP) is 1.58. The molecule has 4 rings (SSSR count). The fourth-order valence-corrected chi connectivity index (χ4v) is 5.50. The summed E-state index contributed by atoms with van der Waals surface area (Å²) in [6.07, 6.45) is -0.0622. The number of amides is 3. The third-order valence-electron chi connectivity index (χ3n) is 6.40. The predicted molar refractivity (Wildman–Crippen MR) is 147 cm³/mol. The summed E-state index contributed by atoms with van der Waals surface area (Å²) in [5.41, 5.74) is 1.49. The van der Waals surface area contributed by atoms with E-state index in [2.05, 4.69) is 0 Å². The van der Waals surface area contributed by atoms with Crippen molar-refractivity contribution in [2.75, 3.05) is 11.4 Å². The molecule has 4 N–H and O–H groups in total. The molecule has 3 aromatic carbocycles. The zero-order valence-corrected chi connectivity index (χ0v) is 23.3. The van der Waals surface area contributed by atoms with Gasteiger partial charge in [-0.1, -0.05) is 35.9 Å². The van der Waals surface area contributed by atoms with Crippen LogP contribution in [0.4, 0.5) is 5.69 Å². The lowest BCUT2D eigenvalue weighted by molar-refractivity contribution is -0.137. The first-order chi connectivity index (χ1) is 18.7. The molecule has 0 aromatic heterocycles. The highest BCUT2D eigenvalue weighted by molar-refractivity contribution is 7.89. The molecule has 1 aliphatic heterocycles. The Morgan fingerprint density at radius 3 is 1.85 bits per heavy atom. The minimum atomic E-state index is -3.97. The molecular weight excluding hydrogens is 580 g/mol. The maximum Gasteiger partial charge on any atom is 0.257 e. The van der Waals surface area contributed by atoms with E-state index in [1.807, 2.05) is 0 Å². The van der Waals surface area contributed by atoms with Gasteiger partial charge in [0.2, 0.25) is 31.9 Å². The van der Waals surface area contributed by atoms with E-state index >= 15 is 0 Å². The maximum absolute atomic E-state index is 13.5. The lowest BCUT2D eigenvalue weighted by atomic mass is 10.1. The Morgan fingerprint density at radius 2 is 1.32 bits per heavy atom. The van der Waals surface area contributed by atoms with Crippen LogP contribution in [0.3, 0.4) is 0 Å². The Balaban J connectivity index is 1.59. The third-order valence-corrected chi connectivity index (χ3v) is 8.52. The molecule has 1 saturated heterocycles. The first kappa shape index (κ1) is 29.4. The zero-order valence-electron chi connectivity index (χ0n) is 20.9. The second-order valence-corrected chi connectivity index (χ2v) is 12.7. The Morgan fingerprint density at radius 1 is 0.825 bits per heavy atom. The minimum absolute atomic E-state index is 0.0530. The number of hydrogen-bond donors (Lipinski definition) is 2. The SMILES string of the molecule is NS(=O)(=O)c1ccc(CCN(C(=O)Cc2ccc(Cl)cc2)C2CC(=O)N(c3ccc(S(N)(=O)=O)cc3)C2=O)cc1. The van der Waals surface area contributed by atoms with Gasteiger partial charge in [0.15, 0.2) is 0 Å². The summed E-state index contributed by atoms with van der Waals surface area (Å²) in [5, 5.41) is 10.8. The first-order valence-electron chi connectivity index (χ1n) is 11.9. The average molecular weight is 605 g/mol. The van der Waals surface area contributed by atoms with Crippen molar-refractivity contribution < 1.29 is 31.2 Å². The van der Waals surface area contributed by atoms with Crippen molar-refractivity contribution in [1.29, 1.82) is 0 Å². The molecule has 0 spiro atoms. The average Bonchev–Trinajstić information content (AvgIpc) is 3.18. The van der Waals surface area contributed by atoms with E-state index in [4.69, 9.17) is 21.9 Å². The van der Waals surface area contributed by atoms with Crippen LogP contribution in [-0.4, -0.2) is 52.0 Å². The highest BCUT2D eigenvalue weighted by Gasteiger charge is 2.44. The van der Waals surface area contributed by atoms with Crippen LogP contribution in [0.25, 0.3) is 0 Å². The lowest BCUT2D eigenvalue weighted by Crippen LogP contribution is -2.47. The van der Waals surface area contributed by atoms with Crippen LogP contribution in [0, 0.1) is 0 Å². The number of hydrogen-bond acceptors (Lipinski definition) is 7. The highest BCUT2D eigenvalue weighted by Crippen LogP contribution is 2.27. The number of halogens is 1. The Labute approximate surface area is 236 Å². The number of imide groups is 1. The molecule has 0 bridgehead atoms. The molecule has 1 atom stereocenters. The maximum atomic E-state index is 13.5. The monoisotopic (exact) mass is 604 g/mol. The largest absolute Gasteiger partial charge is 0.329 e. The number of primary sulfonamides is 2. The van der Waals surface area contributed by atoms with E-state index in [0.29, 0.717) is 16.1 Å². The van der Waals surface area contributed by atoms with Crippen molar-refractivity contribution in [1.82, 2.24) is 4.90 Å². The molecule has 210 valence electrons. The zero-order chi connectivity index (χ0) is 29.2. The molecule has 11 nitrogen and oxygen atoms in total. The summed E-state index contributed by atoms with van der Waals surface area (Å²) in [6, 6.07) is 16.3. The molecule has 1 unspecified atom stereocenters. The topological polar surface area (TPSA) is 178 Å². The normalized spacial score (nSPS) is 15.9. The van der Waals surface area contributed by atoms with Gasteiger partial charge in [-0.15, -0.1) is 0 Å². The fraction of sp³-hybridized carbons (Fsp3) is 0.192. The van der Waals surface area contributed by atoms with Crippen LogP contribution in [0.5, 0.6) is 0 Å². The van der Waals surface area contributed by atoms with Crippen molar-refractivity contribution >= 4 is 55.1 Å². The van der Waals surface area contributed by atoms with E-state index in [0.717, 1.165) is 4.90 Å². The molecule has 0 saturated carbocycles. The van der Waals surface area contributed by atoms with Gasteiger partial charge in [-0.2, -0.15) is 0 Å². The van der Waals surface area contributed by atoms with Gasteiger partial charge in [0.05, 0.1) is 28.3 Å². The van der Waals surface area contributed by atoms with E-state index in [-0.39, 0.29) is 41.3 Å². The van der Waals surface area contributed by atoms with Crippen LogP contribution in [-0.2, 0) is 47.3 Å². The third kappa shape index (κ3) is 6.74. The Bertz CT molecular complexity index is 1660. The number of rotatable bonds is 9. The lowest BCUT2D eigenvalue weighted by Gasteiger charge is -2.28. The van der Waals surface area contributed by atoms with Crippen LogP contribution in [0.1, 0.15) is 17.5 Å². The van der Waals surface area contributed by atoms with Gasteiger partial charge in [-0.3, -0.25) is 14.4 Å². The smallest absolute Gasteiger partial charge is 0.257 e. The summed E-state index contributed by atoms with van der Waals surface area (Å²) in [5.74, 6) is -1.59. The quantitative estimate of drug-likeness (QED) is 0.348. The summed E-state index contributed by atoms with van der Waals surface area (Å²) in [6.45, 7) is 0.0586. The Hall–Kier alpha value is -3.62. The molecular formula is C26H25ClN4O7S2. The van der Waals surface area contributed by atoms with Gasteiger partial charge in [0, 0.05) is 11.6 Å². The van der Waals surface area contributed by atoms with Crippen LogP contribution in [0.2, 0.25) is 5.02 Å². The number of sulfonamides is 2. The fourth-order valence-electron chi connectivity index (χ4n) is 4.34. The number of anilines is 1. The van der Waals surface area contributed by atoms with E-state index < -0.39 is 43.8 Å². The van der Waals surface area contributed by atoms with Crippen molar-refractivity contribution in [2.45, 2.75) is 35.1 Å². The van der Waals surface area contributed by atoms with Gasteiger partial charge < -0.3 is 4.90 Å². The molecule has 3 amide bonds. The van der Waals surface area contributed by atoms with Gasteiger partial charge in [-0.05, 0) is 66.1 Å². The van der Waals surface area contributed by atoms with E-state index in [1.54, 1.807) is 36.4 Å². The second-order valence-electron chi connectivity index (χ2n) is 9.16. The summed E-state index contributed by atoms with van der Waals surface area (Å²) in [7, 11) is -7.85. The second kappa shape index (κ2) is 11.5. The Kier molecular flexibility index (Phi) is 8.42. The molecule has 14 heteroatoms. The molecule has 0 aliphatic carbocycles. The number of benzene rings is 3. The summed E-state index contributed by atoms with van der Waals surface area (Å²) >= 11 is 5.95.